The number of nitrogens with one attached hydrogen (secondary N) is 1. The van der Waals surface area contributed by atoms with Gasteiger partial charge in [-0.2, -0.15) is 0 Å². The summed E-state index contributed by atoms with van der Waals surface area (Å²) in [5.41, 5.74) is 2.17. The highest BCUT2D eigenvalue weighted by Crippen LogP contribution is 2.27. The van der Waals surface area contributed by atoms with Crippen LogP contribution in [0.2, 0.25) is 0 Å². The summed E-state index contributed by atoms with van der Waals surface area (Å²) < 4.78 is 16.4. The number of aliphatic hydroxyl groups excluding tert-OH is 1. The number of hydrogen-bond donors (Lipinski definition) is 2. The van der Waals surface area contributed by atoms with Crippen LogP contribution in [0.4, 0.5) is 0 Å². The smallest absolute Gasteiger partial charge is 0.235 e. The van der Waals surface area contributed by atoms with E-state index in [9.17, 15) is 9.90 Å². The number of benzene rings is 1. The second-order valence-corrected chi connectivity index (χ2v) is 6.51. The second kappa shape index (κ2) is 7.14. The van der Waals surface area contributed by atoms with E-state index >= 15 is 0 Å². The molecule has 0 spiro atoms. The number of ether oxygens (including phenoxy) is 3. The van der Waals surface area contributed by atoms with Gasteiger partial charge >= 0.3 is 0 Å². The molecule has 0 bridgehead atoms. The second-order valence-electron chi connectivity index (χ2n) is 6.51. The first-order chi connectivity index (χ1) is 12.7. The fourth-order valence-corrected chi connectivity index (χ4v) is 3.46. The Morgan fingerprint density at radius 2 is 1.96 bits per heavy atom. The Labute approximate surface area is 150 Å². The normalized spacial score (nSPS) is 27.5. The zero-order chi connectivity index (χ0) is 18.1. The Hall–Kier alpha value is -2.29. The van der Waals surface area contributed by atoms with E-state index in [1.54, 1.807) is 7.11 Å². The van der Waals surface area contributed by atoms with Crippen molar-refractivity contribution < 1.29 is 24.1 Å². The highest BCUT2D eigenvalue weighted by Gasteiger charge is 2.47. The molecule has 26 heavy (non-hydrogen) atoms. The number of amides is 1. The number of methoxy groups -OCH3 is 1. The lowest BCUT2D eigenvalue weighted by atomic mass is 10.1. The van der Waals surface area contributed by atoms with Gasteiger partial charge in [-0.1, -0.05) is 12.1 Å². The van der Waals surface area contributed by atoms with Crippen LogP contribution in [0.15, 0.2) is 24.3 Å². The summed E-state index contributed by atoms with van der Waals surface area (Å²) in [7, 11) is 1.54. The Morgan fingerprint density at radius 3 is 2.73 bits per heavy atom. The van der Waals surface area contributed by atoms with Crippen LogP contribution in [0.5, 0.6) is 5.88 Å². The highest BCUT2D eigenvalue weighted by molar-refractivity contribution is 5.77. The number of fused-ring (bicyclic) bond motifs is 2. The van der Waals surface area contributed by atoms with Gasteiger partial charge in [-0.15, -0.1) is 0 Å². The molecule has 0 saturated carbocycles. The van der Waals surface area contributed by atoms with Gasteiger partial charge in [0.05, 0.1) is 37.4 Å². The molecule has 1 aromatic heterocycles. The SMILES string of the molecule is COc1nc2ccccc2nc1CCC(=O)N[C@@H]1CO[C@H]2[C@@H]1OC[C@H]2O. The molecular formula is C18H21N3O5. The van der Waals surface area contributed by atoms with Crippen LogP contribution in [0.3, 0.4) is 0 Å². The molecule has 0 radical (unpaired) electrons. The van der Waals surface area contributed by atoms with Crippen LogP contribution >= 0.6 is 0 Å². The fourth-order valence-electron chi connectivity index (χ4n) is 3.46. The predicted octanol–water partition coefficient (Wildman–Crippen LogP) is 0.214. The monoisotopic (exact) mass is 359 g/mol. The lowest BCUT2D eigenvalue weighted by Gasteiger charge is -2.17. The maximum absolute atomic E-state index is 12.3. The summed E-state index contributed by atoms with van der Waals surface area (Å²) in [5.74, 6) is 0.310. The van der Waals surface area contributed by atoms with Gasteiger partial charge in [0.2, 0.25) is 11.8 Å². The van der Waals surface area contributed by atoms with Crippen molar-refractivity contribution in [3.63, 3.8) is 0 Å². The summed E-state index contributed by atoms with van der Waals surface area (Å²) in [4.78, 5) is 21.3. The standard InChI is InChI=1S/C18H21N3O5/c1-24-18-12(19-10-4-2-3-5-11(10)21-18)6-7-15(23)20-13-8-25-17-14(22)9-26-16(13)17/h2-5,13-14,16-17,22H,6-9H2,1H3,(H,20,23)/t13-,14-,16-,17-/m1/s1. The van der Waals surface area contributed by atoms with Crippen molar-refractivity contribution in [2.24, 2.45) is 0 Å². The number of carbonyl (C=O) groups is 1. The molecule has 0 aliphatic carbocycles. The first-order valence-corrected chi connectivity index (χ1v) is 8.66. The molecule has 3 heterocycles. The fraction of sp³-hybridized carbons (Fsp3) is 0.500. The Morgan fingerprint density at radius 1 is 1.23 bits per heavy atom. The van der Waals surface area contributed by atoms with Crippen molar-refractivity contribution in [1.82, 2.24) is 15.3 Å². The number of hydrogen-bond acceptors (Lipinski definition) is 7. The van der Waals surface area contributed by atoms with Gasteiger partial charge in [-0.25, -0.2) is 9.97 Å². The van der Waals surface area contributed by atoms with Crippen molar-refractivity contribution in [2.45, 2.75) is 37.2 Å². The van der Waals surface area contributed by atoms with Crippen molar-refractivity contribution in [2.75, 3.05) is 20.3 Å². The van der Waals surface area contributed by atoms with Gasteiger partial charge in [0, 0.05) is 12.8 Å². The van der Waals surface area contributed by atoms with Crippen molar-refractivity contribution in [1.29, 1.82) is 0 Å². The van der Waals surface area contributed by atoms with Crippen LogP contribution in [0.1, 0.15) is 12.1 Å². The van der Waals surface area contributed by atoms with Gasteiger partial charge in [-0.05, 0) is 12.1 Å². The Balaban J connectivity index is 1.39. The first kappa shape index (κ1) is 17.1. The number of nitrogens with zero attached hydrogens (tertiary/aromatic N) is 2. The minimum Gasteiger partial charge on any atom is -0.480 e. The lowest BCUT2D eigenvalue weighted by molar-refractivity contribution is -0.122. The third-order valence-corrected chi connectivity index (χ3v) is 4.76. The maximum Gasteiger partial charge on any atom is 0.235 e. The van der Waals surface area contributed by atoms with E-state index in [0.29, 0.717) is 24.6 Å². The molecule has 138 valence electrons. The van der Waals surface area contributed by atoms with Crippen LogP contribution in [0, 0.1) is 0 Å². The van der Waals surface area contributed by atoms with E-state index in [1.165, 1.54) is 0 Å². The zero-order valence-electron chi connectivity index (χ0n) is 14.4. The van der Waals surface area contributed by atoms with Gasteiger partial charge in [0.1, 0.15) is 24.0 Å². The number of aromatic nitrogens is 2. The molecule has 2 aliphatic heterocycles. The number of para-hydroxylation sites is 2. The molecule has 8 heteroatoms. The molecule has 2 aromatic rings. The quantitative estimate of drug-likeness (QED) is 0.787. The maximum atomic E-state index is 12.3. The number of aryl methyl sites for hydroxylation is 1. The van der Waals surface area contributed by atoms with E-state index in [4.69, 9.17) is 14.2 Å². The zero-order valence-corrected chi connectivity index (χ0v) is 14.4. The molecule has 8 nitrogen and oxygen atoms in total. The summed E-state index contributed by atoms with van der Waals surface area (Å²) in [6, 6.07) is 7.29. The minimum absolute atomic E-state index is 0.124. The van der Waals surface area contributed by atoms with Gasteiger partial charge in [0.25, 0.3) is 0 Å². The summed E-state index contributed by atoms with van der Waals surface area (Å²) >= 11 is 0. The van der Waals surface area contributed by atoms with E-state index in [0.717, 1.165) is 11.0 Å². The third kappa shape index (κ3) is 3.23. The number of carbonyl (C=O) groups excluding carboxylic acids is 1. The first-order valence-electron chi connectivity index (χ1n) is 8.66. The predicted molar refractivity (Wildman–Crippen MR) is 91.8 cm³/mol. The van der Waals surface area contributed by atoms with E-state index < -0.39 is 6.10 Å². The number of aliphatic hydroxyl groups is 1. The summed E-state index contributed by atoms with van der Waals surface area (Å²) in [5, 5.41) is 12.7. The molecule has 4 rings (SSSR count). The molecule has 2 saturated heterocycles. The topological polar surface area (TPSA) is 103 Å². The molecule has 4 atom stereocenters. The largest absolute Gasteiger partial charge is 0.480 e. The van der Waals surface area contributed by atoms with E-state index in [1.807, 2.05) is 24.3 Å². The Bertz CT molecular complexity index is 815. The molecular weight excluding hydrogens is 338 g/mol. The third-order valence-electron chi connectivity index (χ3n) is 4.76. The van der Waals surface area contributed by atoms with Crippen molar-refractivity contribution >= 4 is 16.9 Å². The van der Waals surface area contributed by atoms with Gasteiger partial charge < -0.3 is 24.6 Å². The number of rotatable bonds is 5. The molecule has 2 aliphatic rings. The summed E-state index contributed by atoms with van der Waals surface area (Å²) in [6.45, 7) is 0.586. The van der Waals surface area contributed by atoms with Gasteiger partial charge in [-0.3, -0.25) is 4.79 Å². The summed E-state index contributed by atoms with van der Waals surface area (Å²) in [6.07, 6.45) is -0.604. The minimum atomic E-state index is -0.626. The highest BCUT2D eigenvalue weighted by atomic mass is 16.6. The van der Waals surface area contributed by atoms with Crippen LogP contribution in [0.25, 0.3) is 11.0 Å². The van der Waals surface area contributed by atoms with Crippen molar-refractivity contribution in [3.8, 4) is 5.88 Å². The van der Waals surface area contributed by atoms with Crippen LogP contribution < -0.4 is 10.1 Å². The molecule has 0 unspecified atom stereocenters. The molecule has 2 N–H and O–H groups in total. The van der Waals surface area contributed by atoms with E-state index in [-0.39, 0.29) is 37.2 Å². The average molecular weight is 359 g/mol. The molecule has 2 fully saturated rings. The van der Waals surface area contributed by atoms with Crippen LogP contribution in [-0.4, -0.2) is 65.7 Å². The van der Waals surface area contributed by atoms with Crippen LogP contribution in [-0.2, 0) is 20.7 Å². The molecule has 1 aromatic carbocycles. The average Bonchev–Trinajstić information content (AvgIpc) is 3.22. The van der Waals surface area contributed by atoms with Crippen molar-refractivity contribution in [3.05, 3.63) is 30.0 Å². The lowest BCUT2D eigenvalue weighted by Crippen LogP contribution is -2.44. The van der Waals surface area contributed by atoms with E-state index in [2.05, 4.69) is 15.3 Å². The molecule has 1 amide bonds. The Kier molecular flexibility index (Phi) is 4.71. The van der Waals surface area contributed by atoms with Gasteiger partial charge in [0.15, 0.2) is 0 Å².